The molecular weight excluding hydrogens is 228 g/mol. The number of alkyl halides is 2. The summed E-state index contributed by atoms with van der Waals surface area (Å²) in [5.41, 5.74) is 5.29. The number of halogens is 2. The van der Waals surface area contributed by atoms with Gasteiger partial charge in [-0.3, -0.25) is 0 Å². The predicted octanol–water partition coefficient (Wildman–Crippen LogP) is 1.51. The maximum atomic E-state index is 11.9. The molecule has 0 amide bonds. The highest BCUT2D eigenvalue weighted by molar-refractivity contribution is 8.01. The lowest BCUT2D eigenvalue weighted by Crippen LogP contribution is -2.21. The van der Waals surface area contributed by atoms with Crippen LogP contribution in [-0.2, 0) is 6.54 Å². The molecule has 80 valence electrons. The summed E-state index contributed by atoms with van der Waals surface area (Å²) in [4.78, 5) is 4.81. The fraction of sp³-hybridized carbons (Fsp3) is 0.571. The number of aromatic nitrogens is 1. The number of thioether (sulfide) groups is 1. The van der Waals surface area contributed by atoms with Crippen LogP contribution < -0.4 is 11.1 Å². The molecule has 0 radical (unpaired) electrons. The summed E-state index contributed by atoms with van der Waals surface area (Å²) in [6.07, 6.45) is 1.61. The summed E-state index contributed by atoms with van der Waals surface area (Å²) < 4.78 is 24.3. The highest BCUT2D eigenvalue weighted by atomic mass is 32.2. The van der Waals surface area contributed by atoms with Crippen LogP contribution in [0.2, 0.25) is 0 Å². The van der Waals surface area contributed by atoms with Crippen LogP contribution in [0.3, 0.4) is 0 Å². The molecule has 14 heavy (non-hydrogen) atoms. The minimum Gasteiger partial charge on any atom is -0.329 e. The standard InChI is InChI=1S/C7H11F2N3S2/c8-6(9)14-7-12-4-5(13-7)3-11-2-1-10/h4,6,11H,1-3,10H2. The van der Waals surface area contributed by atoms with Gasteiger partial charge in [0.05, 0.1) is 0 Å². The summed E-state index contributed by atoms with van der Waals surface area (Å²) in [5.74, 6) is -2.40. The largest absolute Gasteiger partial charge is 0.329 e. The second kappa shape index (κ2) is 6.28. The molecule has 1 aromatic heterocycles. The second-order valence-electron chi connectivity index (χ2n) is 2.44. The monoisotopic (exact) mass is 239 g/mol. The van der Waals surface area contributed by atoms with Gasteiger partial charge >= 0.3 is 0 Å². The first-order valence-corrected chi connectivity index (χ1v) is 5.72. The third kappa shape index (κ3) is 4.32. The Morgan fingerprint density at radius 2 is 2.43 bits per heavy atom. The number of hydrogen-bond donors (Lipinski definition) is 2. The van der Waals surface area contributed by atoms with E-state index in [0.29, 0.717) is 29.2 Å². The highest BCUT2D eigenvalue weighted by Crippen LogP contribution is 2.28. The third-order valence-corrected chi connectivity index (χ3v) is 3.16. The molecule has 0 aliphatic rings. The molecule has 0 aliphatic carbocycles. The molecule has 7 heteroatoms. The van der Waals surface area contributed by atoms with Crippen LogP contribution in [0.1, 0.15) is 4.88 Å². The van der Waals surface area contributed by atoms with Crippen LogP contribution in [0.5, 0.6) is 0 Å². The maximum absolute atomic E-state index is 11.9. The first-order valence-electron chi connectivity index (χ1n) is 4.02. The van der Waals surface area contributed by atoms with E-state index in [-0.39, 0.29) is 0 Å². The molecule has 0 aromatic carbocycles. The summed E-state index contributed by atoms with van der Waals surface area (Å²) in [7, 11) is 0. The molecule has 1 heterocycles. The average Bonchev–Trinajstić information content (AvgIpc) is 2.52. The van der Waals surface area contributed by atoms with Crippen molar-refractivity contribution in [3.8, 4) is 0 Å². The topological polar surface area (TPSA) is 50.9 Å². The molecular formula is C7H11F2N3S2. The fourth-order valence-corrected chi connectivity index (χ4v) is 2.42. The van der Waals surface area contributed by atoms with Crippen LogP contribution in [-0.4, -0.2) is 23.8 Å². The van der Waals surface area contributed by atoms with Crippen molar-refractivity contribution in [1.82, 2.24) is 10.3 Å². The van der Waals surface area contributed by atoms with Gasteiger partial charge in [0.25, 0.3) is 5.76 Å². The minimum atomic E-state index is -2.40. The molecule has 3 N–H and O–H groups in total. The lowest BCUT2D eigenvalue weighted by Gasteiger charge is -1.97. The quantitative estimate of drug-likeness (QED) is 0.583. The molecule has 0 bridgehead atoms. The Labute approximate surface area is 89.1 Å². The number of hydrogen-bond acceptors (Lipinski definition) is 5. The lowest BCUT2D eigenvalue weighted by molar-refractivity contribution is 0.252. The van der Waals surface area contributed by atoms with E-state index in [1.54, 1.807) is 6.20 Å². The van der Waals surface area contributed by atoms with E-state index in [4.69, 9.17) is 5.73 Å². The van der Waals surface area contributed by atoms with Crippen molar-refractivity contribution in [1.29, 1.82) is 0 Å². The molecule has 1 rings (SSSR count). The van der Waals surface area contributed by atoms with E-state index >= 15 is 0 Å². The smallest absolute Gasteiger partial charge is 0.291 e. The van der Waals surface area contributed by atoms with E-state index in [0.717, 1.165) is 11.4 Å². The summed E-state index contributed by atoms with van der Waals surface area (Å²) >= 11 is 1.76. The van der Waals surface area contributed by atoms with E-state index in [1.165, 1.54) is 11.3 Å². The molecule has 0 saturated heterocycles. The van der Waals surface area contributed by atoms with Crippen molar-refractivity contribution in [3.63, 3.8) is 0 Å². The van der Waals surface area contributed by atoms with Crippen LogP contribution in [0.25, 0.3) is 0 Å². The molecule has 0 aliphatic heterocycles. The van der Waals surface area contributed by atoms with E-state index < -0.39 is 5.76 Å². The first kappa shape index (κ1) is 11.8. The number of nitrogens with two attached hydrogens (primary N) is 1. The van der Waals surface area contributed by atoms with Gasteiger partial charge in [0.15, 0.2) is 4.34 Å². The number of nitrogens with zero attached hydrogens (tertiary/aromatic N) is 1. The molecule has 1 aromatic rings. The van der Waals surface area contributed by atoms with Crippen molar-refractivity contribution in [2.45, 2.75) is 16.6 Å². The van der Waals surface area contributed by atoms with Gasteiger partial charge < -0.3 is 11.1 Å². The Morgan fingerprint density at radius 1 is 1.64 bits per heavy atom. The van der Waals surface area contributed by atoms with Gasteiger partial charge in [-0.05, 0) is 11.8 Å². The molecule has 3 nitrogen and oxygen atoms in total. The summed E-state index contributed by atoms with van der Waals surface area (Å²) in [5, 5.41) is 3.07. The normalized spacial score (nSPS) is 11.1. The first-order chi connectivity index (χ1) is 6.72. The maximum Gasteiger partial charge on any atom is 0.291 e. The van der Waals surface area contributed by atoms with Crippen LogP contribution in [0.4, 0.5) is 8.78 Å². The van der Waals surface area contributed by atoms with Crippen LogP contribution >= 0.6 is 23.1 Å². The number of thiazole rings is 1. The summed E-state index contributed by atoms with van der Waals surface area (Å²) in [6.45, 7) is 1.92. The van der Waals surface area contributed by atoms with Gasteiger partial charge in [-0.2, -0.15) is 8.78 Å². The molecule has 0 saturated carbocycles. The van der Waals surface area contributed by atoms with Crippen LogP contribution in [0, 0.1) is 0 Å². The fourth-order valence-electron chi connectivity index (χ4n) is 0.816. The Hall–Kier alpha value is -0.240. The Kier molecular flexibility index (Phi) is 5.31. The van der Waals surface area contributed by atoms with Crippen molar-refractivity contribution in [2.24, 2.45) is 5.73 Å². The Morgan fingerprint density at radius 3 is 3.07 bits per heavy atom. The van der Waals surface area contributed by atoms with Crippen molar-refractivity contribution in [2.75, 3.05) is 13.1 Å². The Balaban J connectivity index is 2.35. The zero-order chi connectivity index (χ0) is 10.4. The van der Waals surface area contributed by atoms with Gasteiger partial charge in [-0.1, -0.05) is 0 Å². The van der Waals surface area contributed by atoms with Crippen molar-refractivity contribution >= 4 is 23.1 Å². The molecule has 0 fully saturated rings. The number of rotatable bonds is 6. The molecule has 0 atom stereocenters. The number of nitrogens with one attached hydrogen (secondary N) is 1. The van der Waals surface area contributed by atoms with E-state index in [2.05, 4.69) is 10.3 Å². The van der Waals surface area contributed by atoms with E-state index in [9.17, 15) is 8.78 Å². The van der Waals surface area contributed by atoms with Gasteiger partial charge in [0.1, 0.15) is 0 Å². The summed E-state index contributed by atoms with van der Waals surface area (Å²) in [6, 6.07) is 0. The van der Waals surface area contributed by atoms with E-state index in [1.807, 2.05) is 0 Å². The van der Waals surface area contributed by atoms with Crippen LogP contribution in [0.15, 0.2) is 10.5 Å². The van der Waals surface area contributed by atoms with Gasteiger partial charge in [0.2, 0.25) is 0 Å². The zero-order valence-electron chi connectivity index (χ0n) is 7.37. The average molecular weight is 239 g/mol. The van der Waals surface area contributed by atoms with Crippen molar-refractivity contribution in [3.05, 3.63) is 11.1 Å². The third-order valence-electron chi connectivity index (χ3n) is 1.34. The molecule has 0 unspecified atom stereocenters. The van der Waals surface area contributed by atoms with Crippen molar-refractivity contribution < 1.29 is 8.78 Å². The van der Waals surface area contributed by atoms with Gasteiger partial charge in [0, 0.05) is 30.7 Å². The minimum absolute atomic E-state index is 0.407. The lowest BCUT2D eigenvalue weighted by atomic mass is 10.5. The zero-order valence-corrected chi connectivity index (χ0v) is 9.01. The van der Waals surface area contributed by atoms with Gasteiger partial charge in [-0.25, -0.2) is 4.98 Å². The molecule has 0 spiro atoms. The Bertz CT molecular complexity index is 267. The van der Waals surface area contributed by atoms with Gasteiger partial charge in [-0.15, -0.1) is 11.3 Å². The second-order valence-corrected chi connectivity index (χ2v) is 4.79. The SMILES string of the molecule is NCCNCc1cnc(SC(F)F)s1. The highest BCUT2D eigenvalue weighted by Gasteiger charge is 2.09. The predicted molar refractivity (Wildman–Crippen MR) is 54.7 cm³/mol.